The second kappa shape index (κ2) is 5.17. The van der Waals surface area contributed by atoms with Gasteiger partial charge >= 0.3 is 0 Å². The predicted octanol–water partition coefficient (Wildman–Crippen LogP) is 3.82. The van der Waals surface area contributed by atoms with Crippen LogP contribution < -0.4 is 5.32 Å². The first-order valence-electron chi connectivity index (χ1n) is 6.25. The maximum atomic E-state index is 14.1. The molecular weight excluding hydrogens is 252 g/mol. The van der Waals surface area contributed by atoms with Crippen molar-refractivity contribution in [3.05, 3.63) is 34.9 Å². The van der Waals surface area contributed by atoms with Crippen LogP contribution in [0, 0.1) is 18.6 Å². The second-order valence-corrected chi connectivity index (χ2v) is 6.72. The lowest BCUT2D eigenvalue weighted by atomic mass is 9.89. The molecule has 0 spiro atoms. The van der Waals surface area contributed by atoms with Gasteiger partial charge in [0.2, 0.25) is 0 Å². The van der Waals surface area contributed by atoms with E-state index in [1.54, 1.807) is 19.1 Å². The Morgan fingerprint density at radius 1 is 1.33 bits per heavy atom. The summed E-state index contributed by atoms with van der Waals surface area (Å²) in [5.74, 6) is -0.340. The minimum Gasteiger partial charge on any atom is -0.312 e. The van der Waals surface area contributed by atoms with Crippen molar-refractivity contribution in [2.24, 2.45) is 0 Å². The van der Waals surface area contributed by atoms with Crippen LogP contribution in [0.4, 0.5) is 8.78 Å². The molecular formula is C14H19F2NS. The number of aryl methyl sites for hydroxylation is 1. The van der Waals surface area contributed by atoms with Crippen molar-refractivity contribution in [2.75, 3.05) is 12.8 Å². The summed E-state index contributed by atoms with van der Waals surface area (Å²) >= 11 is 1.84. The maximum Gasteiger partial charge on any atom is 0.163 e. The number of hydrogen-bond donors (Lipinski definition) is 1. The molecule has 1 nitrogen and oxygen atoms in total. The zero-order chi connectivity index (χ0) is 13.3. The van der Waals surface area contributed by atoms with Gasteiger partial charge in [0.15, 0.2) is 11.6 Å². The van der Waals surface area contributed by atoms with Crippen molar-refractivity contribution in [2.45, 2.75) is 37.5 Å². The van der Waals surface area contributed by atoms with Gasteiger partial charge in [-0.1, -0.05) is 12.1 Å². The molecule has 0 aromatic heterocycles. The minimum absolute atomic E-state index is 0.0582. The van der Waals surface area contributed by atoms with E-state index >= 15 is 0 Å². The lowest BCUT2D eigenvalue weighted by Crippen LogP contribution is -2.36. The van der Waals surface area contributed by atoms with Crippen LogP contribution in [-0.4, -0.2) is 17.5 Å². The molecule has 0 aliphatic carbocycles. The van der Waals surface area contributed by atoms with Crippen molar-refractivity contribution in [3.63, 3.8) is 0 Å². The van der Waals surface area contributed by atoms with Crippen molar-refractivity contribution >= 4 is 11.8 Å². The van der Waals surface area contributed by atoms with Crippen molar-refractivity contribution < 1.29 is 8.78 Å². The number of halogens is 2. The zero-order valence-electron chi connectivity index (χ0n) is 11.0. The second-order valence-electron chi connectivity index (χ2n) is 5.09. The normalized spacial score (nSPS) is 25.4. The van der Waals surface area contributed by atoms with Crippen LogP contribution in [0.1, 0.15) is 36.9 Å². The van der Waals surface area contributed by atoms with Gasteiger partial charge in [0, 0.05) is 16.4 Å². The number of rotatable bonds is 3. The summed E-state index contributed by atoms with van der Waals surface area (Å²) in [5.41, 5.74) is 0.799. The summed E-state index contributed by atoms with van der Waals surface area (Å²) in [4.78, 5) is 0. The molecule has 1 N–H and O–H groups in total. The highest BCUT2D eigenvalue weighted by Gasteiger charge is 2.39. The number of hydrogen-bond acceptors (Lipinski definition) is 2. The molecule has 1 aliphatic heterocycles. The zero-order valence-corrected chi connectivity index (χ0v) is 11.8. The molecule has 2 unspecified atom stereocenters. The van der Waals surface area contributed by atoms with Crippen molar-refractivity contribution in [3.8, 4) is 0 Å². The highest BCUT2D eigenvalue weighted by atomic mass is 32.2. The fourth-order valence-electron chi connectivity index (χ4n) is 2.70. The molecule has 0 radical (unpaired) electrons. The van der Waals surface area contributed by atoms with E-state index in [4.69, 9.17) is 0 Å². The molecule has 0 saturated carbocycles. The summed E-state index contributed by atoms with van der Waals surface area (Å²) in [7, 11) is 1.81. The Bertz CT molecular complexity index is 442. The number of nitrogens with one attached hydrogen (secondary N) is 1. The maximum absolute atomic E-state index is 14.1. The Labute approximate surface area is 111 Å². The van der Waals surface area contributed by atoms with Gasteiger partial charge < -0.3 is 5.32 Å². The van der Waals surface area contributed by atoms with Gasteiger partial charge in [-0.15, -0.1) is 0 Å². The average Bonchev–Trinajstić information content (AvgIpc) is 2.78. The first-order chi connectivity index (χ1) is 8.49. The molecule has 2 atom stereocenters. The molecule has 1 heterocycles. The van der Waals surface area contributed by atoms with Crippen molar-refractivity contribution in [1.82, 2.24) is 5.32 Å². The van der Waals surface area contributed by atoms with Crippen LogP contribution in [0.3, 0.4) is 0 Å². The summed E-state index contributed by atoms with van der Waals surface area (Å²) in [6.45, 7) is 3.71. The molecule has 0 amide bonds. The first-order valence-corrected chi connectivity index (χ1v) is 7.24. The third kappa shape index (κ3) is 2.28. The van der Waals surface area contributed by atoms with Gasteiger partial charge in [-0.3, -0.25) is 0 Å². The Morgan fingerprint density at radius 2 is 2.06 bits per heavy atom. The third-order valence-corrected chi connectivity index (χ3v) is 5.36. The van der Waals surface area contributed by atoms with Crippen molar-refractivity contribution in [1.29, 1.82) is 0 Å². The summed E-state index contributed by atoms with van der Waals surface area (Å²) in [5, 5.41) is 3.16. The summed E-state index contributed by atoms with van der Waals surface area (Å²) in [6.07, 6.45) is 2.16. The SMILES string of the molecule is CNC(c1ccc(C)c(F)c1F)C1(C)CCCS1. The van der Waals surface area contributed by atoms with Gasteiger partial charge in [-0.25, -0.2) is 8.78 Å². The largest absolute Gasteiger partial charge is 0.312 e. The highest BCUT2D eigenvalue weighted by molar-refractivity contribution is 8.00. The van der Waals surface area contributed by atoms with Gasteiger partial charge in [0.1, 0.15) is 0 Å². The van der Waals surface area contributed by atoms with Crippen LogP contribution in [-0.2, 0) is 0 Å². The molecule has 18 heavy (non-hydrogen) atoms. The Morgan fingerprint density at radius 3 is 2.61 bits per heavy atom. The molecule has 1 aromatic carbocycles. The van der Waals surface area contributed by atoms with Gasteiger partial charge in [0.25, 0.3) is 0 Å². The molecule has 1 fully saturated rings. The van der Waals surface area contributed by atoms with E-state index in [2.05, 4.69) is 12.2 Å². The molecule has 2 rings (SSSR count). The van der Waals surface area contributed by atoms with E-state index in [1.807, 2.05) is 18.8 Å². The third-order valence-electron chi connectivity index (χ3n) is 3.76. The fraction of sp³-hybridized carbons (Fsp3) is 0.571. The molecule has 100 valence electrons. The molecule has 4 heteroatoms. The molecule has 1 aromatic rings. The smallest absolute Gasteiger partial charge is 0.163 e. The lowest BCUT2D eigenvalue weighted by molar-refractivity contribution is 0.409. The number of thioether (sulfide) groups is 1. The standard InChI is InChI=1S/C14H19F2NS/c1-9-5-6-10(12(16)11(9)15)13(17-3)14(2)7-4-8-18-14/h5-6,13,17H,4,7-8H2,1-3H3. The molecule has 1 saturated heterocycles. The summed E-state index contributed by atoms with van der Waals surface area (Å²) < 4.78 is 27.7. The molecule has 0 bridgehead atoms. The lowest BCUT2D eigenvalue weighted by Gasteiger charge is -2.33. The minimum atomic E-state index is -0.723. The van der Waals surface area contributed by atoms with E-state index in [0.29, 0.717) is 11.1 Å². The van der Waals surface area contributed by atoms with Gasteiger partial charge in [-0.05, 0) is 45.1 Å². The van der Waals surface area contributed by atoms with Crippen LogP contribution in [0.25, 0.3) is 0 Å². The fourth-order valence-corrected chi connectivity index (χ4v) is 4.16. The van der Waals surface area contributed by atoms with E-state index in [9.17, 15) is 8.78 Å². The monoisotopic (exact) mass is 271 g/mol. The van der Waals surface area contributed by atoms with Gasteiger partial charge in [-0.2, -0.15) is 11.8 Å². The first kappa shape index (κ1) is 13.8. The number of benzene rings is 1. The topological polar surface area (TPSA) is 12.0 Å². The average molecular weight is 271 g/mol. The van der Waals surface area contributed by atoms with E-state index in [0.717, 1.165) is 18.6 Å². The van der Waals surface area contributed by atoms with E-state index in [-0.39, 0.29) is 10.8 Å². The Hall–Kier alpha value is -0.610. The van der Waals surface area contributed by atoms with E-state index < -0.39 is 11.6 Å². The van der Waals surface area contributed by atoms with Crippen LogP contribution in [0.15, 0.2) is 12.1 Å². The van der Waals surface area contributed by atoms with Crippen LogP contribution in [0.2, 0.25) is 0 Å². The quantitative estimate of drug-likeness (QED) is 0.897. The molecule has 1 aliphatic rings. The van der Waals surface area contributed by atoms with E-state index in [1.165, 1.54) is 0 Å². The summed E-state index contributed by atoms with van der Waals surface area (Å²) in [6, 6.07) is 3.21. The Balaban J connectivity index is 2.42. The highest BCUT2D eigenvalue weighted by Crippen LogP contribution is 2.47. The van der Waals surface area contributed by atoms with Crippen LogP contribution in [0.5, 0.6) is 0 Å². The Kier molecular flexibility index (Phi) is 3.97. The predicted molar refractivity (Wildman–Crippen MR) is 73.0 cm³/mol. The van der Waals surface area contributed by atoms with Crippen LogP contribution >= 0.6 is 11.8 Å². The van der Waals surface area contributed by atoms with Gasteiger partial charge in [0.05, 0.1) is 0 Å².